The second kappa shape index (κ2) is 34.6. The molecule has 0 spiro atoms. The zero-order valence-electron chi connectivity index (χ0n) is 80.2. The zero-order chi connectivity index (χ0) is 96.5. The highest BCUT2D eigenvalue weighted by Gasteiger charge is 2.41. The van der Waals surface area contributed by atoms with Crippen LogP contribution in [0, 0.1) is 0 Å². The topological polar surface area (TPSA) is 131 Å². The highest BCUT2D eigenvalue weighted by atomic mass is 15.2. The Labute approximate surface area is 834 Å². The van der Waals surface area contributed by atoms with Crippen LogP contribution >= 0.6 is 0 Å². The summed E-state index contributed by atoms with van der Waals surface area (Å²) in [5.41, 5.74) is 37.1. The molecule has 19 aromatic carbocycles. The molecule has 6 aromatic heterocycles. The second-order valence-corrected chi connectivity index (χ2v) is 39.1. The summed E-state index contributed by atoms with van der Waals surface area (Å²) in [5, 5.41) is 7.38. The fraction of sp³-hybridized carbons (Fsp3) is 0.0682. The van der Waals surface area contributed by atoms with Crippen LogP contribution in [0.5, 0.6) is 0 Å². The molecule has 0 saturated carbocycles. The number of rotatable bonds is 13. The molecular weight excluding hydrogens is 1750 g/mol. The number of hydrogen-bond acceptors (Lipinski definition) is 9. The van der Waals surface area contributed by atoms with Crippen molar-refractivity contribution in [3.63, 3.8) is 0 Å². The van der Waals surface area contributed by atoms with Gasteiger partial charge in [0.25, 0.3) is 0 Å². The maximum Gasteiger partial charge on any atom is 0.238 e. The maximum atomic E-state index is 5.21. The van der Waals surface area contributed by atoms with Crippen molar-refractivity contribution in [2.24, 2.45) is 0 Å². The number of para-hydroxylation sites is 2. The van der Waals surface area contributed by atoms with Crippen LogP contribution in [0.15, 0.2) is 461 Å². The molecule has 12 heteroatoms. The minimum absolute atomic E-state index is 0.0715. The van der Waals surface area contributed by atoms with Gasteiger partial charge in [0, 0.05) is 93.2 Å². The Bertz CT molecular complexity index is 9320. The second-order valence-electron chi connectivity index (χ2n) is 39.1. The van der Waals surface area contributed by atoms with Crippen molar-refractivity contribution in [2.75, 3.05) is 0 Å². The Kier molecular flexibility index (Phi) is 20.7. The third kappa shape index (κ3) is 14.4. The van der Waals surface area contributed by atoms with Gasteiger partial charge >= 0.3 is 0 Å². The van der Waals surface area contributed by atoms with E-state index in [0.717, 1.165) is 83.4 Å². The quantitative estimate of drug-likeness (QED) is 0.111. The molecule has 6 heterocycles. The van der Waals surface area contributed by atoms with Gasteiger partial charge in [-0.05, 0) is 161 Å². The molecule has 0 aliphatic heterocycles. The first-order valence-corrected chi connectivity index (χ1v) is 49.2. The first kappa shape index (κ1) is 86.0. The average molecular weight is 1850 g/mol. The SMILES string of the molecule is CC1(C)c2ccccc2-c2c1ccc1c2c2cc(-c3ccccc3)ccc2n1-c1nc(-c2ccccc2)nc(-c2ccccc2)n1.CC1(C)c2ccccc2-c2c1ccc1c2c2ccccc2n1-c1cccc(-c2nc(-c3ccccc3)nc(-c3ccc(-c4ccccc4)cc3)n2)c1.CC1(C)c2ccccc2-c2c1ccc1c2c2ccccc2n1-c1nc(-c2ccccc2)nc(-c2cccc(-c3ccccc3)c2)n1. The lowest BCUT2D eigenvalue weighted by Crippen LogP contribution is -2.14. The number of nitrogens with zero attached hydrogens (tertiary/aromatic N) is 12. The zero-order valence-corrected chi connectivity index (χ0v) is 80.2. The molecule has 12 nitrogen and oxygen atoms in total. The lowest BCUT2D eigenvalue weighted by atomic mass is 9.82. The highest BCUT2D eigenvalue weighted by Crippen LogP contribution is 2.58. The molecule has 144 heavy (non-hydrogen) atoms. The van der Waals surface area contributed by atoms with E-state index in [0.29, 0.717) is 52.7 Å². The Balaban J connectivity index is 0.000000110. The summed E-state index contributed by atoms with van der Waals surface area (Å²) < 4.78 is 6.84. The smallest absolute Gasteiger partial charge is 0.238 e. The van der Waals surface area contributed by atoms with E-state index in [9.17, 15) is 0 Å². The van der Waals surface area contributed by atoms with Gasteiger partial charge in [-0.2, -0.15) is 19.9 Å². The van der Waals surface area contributed by atoms with E-state index in [1.807, 2.05) is 97.1 Å². The van der Waals surface area contributed by atoms with Crippen LogP contribution < -0.4 is 0 Å². The van der Waals surface area contributed by atoms with Crippen molar-refractivity contribution in [1.29, 1.82) is 0 Å². The molecule has 0 atom stereocenters. The Morgan fingerprint density at radius 1 is 0.160 bits per heavy atom. The van der Waals surface area contributed by atoms with Crippen molar-refractivity contribution in [2.45, 2.75) is 57.8 Å². The van der Waals surface area contributed by atoms with Crippen LogP contribution in [0.1, 0.15) is 74.9 Å². The minimum atomic E-state index is -0.111. The maximum absolute atomic E-state index is 5.21. The van der Waals surface area contributed by atoms with Gasteiger partial charge in [0.1, 0.15) is 0 Å². The van der Waals surface area contributed by atoms with Crippen LogP contribution in [0.4, 0.5) is 0 Å². The largest absolute Gasteiger partial charge is 0.309 e. The molecule has 0 amide bonds. The predicted octanol–water partition coefficient (Wildman–Crippen LogP) is 32.5. The average Bonchev–Trinajstić information content (AvgIpc) is 1.55. The van der Waals surface area contributed by atoms with Crippen LogP contribution in [-0.4, -0.2) is 58.6 Å². The van der Waals surface area contributed by atoms with Crippen LogP contribution in [0.2, 0.25) is 0 Å². The summed E-state index contributed by atoms with van der Waals surface area (Å²) in [6.07, 6.45) is 0. The minimum Gasteiger partial charge on any atom is -0.309 e. The summed E-state index contributed by atoms with van der Waals surface area (Å²) >= 11 is 0. The number of fused-ring (bicyclic) bond motifs is 21. The highest BCUT2D eigenvalue weighted by molar-refractivity contribution is 6.21. The monoisotopic (exact) mass is 1850 g/mol. The van der Waals surface area contributed by atoms with Gasteiger partial charge in [0.2, 0.25) is 11.9 Å². The van der Waals surface area contributed by atoms with Crippen LogP contribution in [0.3, 0.4) is 0 Å². The van der Waals surface area contributed by atoms with E-state index < -0.39 is 0 Å². The molecule has 0 fully saturated rings. The van der Waals surface area contributed by atoms with E-state index in [2.05, 4.69) is 419 Å². The van der Waals surface area contributed by atoms with Gasteiger partial charge in [0.05, 0.1) is 33.1 Å². The van der Waals surface area contributed by atoms with Crippen LogP contribution in [-0.2, 0) is 16.2 Å². The lowest BCUT2D eigenvalue weighted by molar-refractivity contribution is 0.660. The van der Waals surface area contributed by atoms with Crippen LogP contribution in [0.25, 0.3) is 229 Å². The van der Waals surface area contributed by atoms with Gasteiger partial charge in [-0.25, -0.2) is 24.9 Å². The first-order chi connectivity index (χ1) is 70.7. The first-order valence-electron chi connectivity index (χ1n) is 49.2. The Morgan fingerprint density at radius 3 is 0.819 bits per heavy atom. The molecule has 0 bridgehead atoms. The summed E-state index contributed by atoms with van der Waals surface area (Å²) in [6, 6.07) is 162. The van der Waals surface area contributed by atoms with Crippen molar-refractivity contribution in [3.8, 4) is 164 Å². The molecule has 25 aromatic rings. The molecule has 682 valence electrons. The van der Waals surface area contributed by atoms with Crippen molar-refractivity contribution in [3.05, 3.63) is 494 Å². The van der Waals surface area contributed by atoms with E-state index >= 15 is 0 Å². The van der Waals surface area contributed by atoms with Gasteiger partial charge in [-0.1, -0.05) is 442 Å². The fourth-order valence-electron chi connectivity index (χ4n) is 22.6. The molecule has 28 rings (SSSR count). The Hall–Kier alpha value is -18.4. The Morgan fingerprint density at radius 2 is 0.410 bits per heavy atom. The normalized spacial score (nSPS) is 13.1. The van der Waals surface area contributed by atoms with E-state index in [-0.39, 0.29) is 16.2 Å². The van der Waals surface area contributed by atoms with E-state index in [1.165, 1.54) is 127 Å². The number of benzene rings is 19. The van der Waals surface area contributed by atoms with Gasteiger partial charge in [0.15, 0.2) is 40.8 Å². The van der Waals surface area contributed by atoms with Crippen molar-refractivity contribution >= 4 is 65.4 Å². The number of aromatic nitrogens is 12. The summed E-state index contributed by atoms with van der Waals surface area (Å²) in [4.78, 5) is 45.9. The summed E-state index contributed by atoms with van der Waals surface area (Å²) in [5.74, 6) is 5.70. The lowest BCUT2D eigenvalue weighted by Gasteiger charge is -2.21. The summed E-state index contributed by atoms with van der Waals surface area (Å²) in [7, 11) is 0. The van der Waals surface area contributed by atoms with E-state index in [4.69, 9.17) is 44.9 Å². The fourth-order valence-corrected chi connectivity index (χ4v) is 22.6. The van der Waals surface area contributed by atoms with Crippen molar-refractivity contribution < 1.29 is 0 Å². The molecule has 3 aliphatic carbocycles. The third-order valence-electron chi connectivity index (χ3n) is 29.6. The molecule has 3 aliphatic rings. The molecule has 0 saturated heterocycles. The molecule has 0 radical (unpaired) electrons. The molecule has 0 unspecified atom stereocenters. The third-order valence-corrected chi connectivity index (χ3v) is 29.6. The molecular formula is C132H94N12. The van der Waals surface area contributed by atoms with Gasteiger partial charge < -0.3 is 4.57 Å². The van der Waals surface area contributed by atoms with E-state index in [1.54, 1.807) is 0 Å². The van der Waals surface area contributed by atoms with Crippen molar-refractivity contribution in [1.82, 2.24) is 58.6 Å². The van der Waals surface area contributed by atoms with Gasteiger partial charge in [-0.15, -0.1) is 0 Å². The standard InChI is InChI=1S/C48H34N4.2C42H30N4/c1-48(2)39-22-11-9-20-37(39)43-40(48)28-29-42-44(43)38-21-10-12-23-41(38)52(42)36-19-13-18-35(30-36)47-50-45(33-16-7-4-8-17-33)49-46(51-47)34-26-24-32(25-27-34)31-14-5-3-6-15-31;1-42(2)33-21-13-12-20-31(33)37-34(42)23-25-36-38(37)32-26-30(27-14-6-3-7-15-27)22-24-35(32)46(36)41-44-39(28-16-8-4-9-17-28)43-40(45-41)29-18-10-5-11-19-29;1-42(2)33-22-11-9-20-31(33)37-34(42)24-25-36-38(37)32-21-10-12-23-35(32)46(36)41-44-39(28-16-7-4-8-17-28)43-40(45-41)30-19-13-18-29(26-30)27-14-5-3-6-15-27/h3-30H,1-2H3;2*3-26H,1-2H3. The summed E-state index contributed by atoms with van der Waals surface area (Å²) in [6.45, 7) is 14.0. The molecule has 0 N–H and O–H groups in total. The van der Waals surface area contributed by atoms with Gasteiger partial charge in [-0.3, -0.25) is 9.13 Å². The predicted molar refractivity (Wildman–Crippen MR) is 590 cm³/mol. The number of hydrogen-bond donors (Lipinski definition) is 0.